The molecule has 0 spiro atoms. The molecule has 180 valence electrons. The fraction of sp³-hybridized carbons (Fsp3) is 0.381. The molecule has 1 aliphatic heterocycles. The van der Waals surface area contributed by atoms with Crippen LogP contribution in [0.25, 0.3) is 0 Å². The van der Waals surface area contributed by atoms with Gasteiger partial charge in [0.15, 0.2) is 0 Å². The maximum Gasteiger partial charge on any atom is 0.314 e. The lowest BCUT2D eigenvalue weighted by Gasteiger charge is -2.24. The number of nitrogens with zero attached hydrogens (tertiary/aromatic N) is 5. The second-order valence-corrected chi connectivity index (χ2v) is 8.37. The molecular formula is C21H25ClN8O4. The molecule has 0 bridgehead atoms. The van der Waals surface area contributed by atoms with E-state index in [1.807, 2.05) is 7.05 Å². The van der Waals surface area contributed by atoms with Crippen LogP contribution < -0.4 is 16.0 Å². The van der Waals surface area contributed by atoms with Crippen molar-refractivity contribution in [2.24, 2.45) is 0 Å². The Morgan fingerprint density at radius 3 is 2.59 bits per heavy atom. The molecule has 4 amide bonds. The maximum atomic E-state index is 12.8. The highest BCUT2D eigenvalue weighted by atomic mass is 35.5. The third kappa shape index (κ3) is 6.45. The van der Waals surface area contributed by atoms with E-state index in [9.17, 15) is 19.2 Å². The van der Waals surface area contributed by atoms with Crippen LogP contribution in [0.2, 0.25) is 5.02 Å². The van der Waals surface area contributed by atoms with Gasteiger partial charge >= 0.3 is 11.8 Å². The standard InChI is InChI=1S/C21H25ClN8O4/c1-29(2)21(34)14(10-25-19(32)20(33)28-16-5-4-13(22)9-23-16)27-18(31)17-24-8-12-6-7-30(3)11-15(12)26-17/h4-5,8-9,14H,6-7,10-11H2,1-3H3,(H,25,32)(H,27,31)(H,23,28,33). The Balaban J connectivity index is 1.64. The van der Waals surface area contributed by atoms with Crippen molar-refractivity contribution >= 4 is 41.0 Å². The number of nitrogens with one attached hydrogen (secondary N) is 3. The zero-order chi connectivity index (χ0) is 24.8. The number of aromatic nitrogens is 3. The predicted octanol–water partition coefficient (Wildman–Crippen LogP) is -0.546. The van der Waals surface area contributed by atoms with Crippen molar-refractivity contribution in [1.29, 1.82) is 0 Å². The van der Waals surface area contributed by atoms with E-state index >= 15 is 0 Å². The van der Waals surface area contributed by atoms with Crippen molar-refractivity contribution < 1.29 is 19.2 Å². The minimum absolute atomic E-state index is 0.0801. The smallest absolute Gasteiger partial charge is 0.314 e. The highest BCUT2D eigenvalue weighted by Gasteiger charge is 2.27. The number of anilines is 1. The Morgan fingerprint density at radius 2 is 1.91 bits per heavy atom. The Bertz CT molecular complexity index is 1090. The summed E-state index contributed by atoms with van der Waals surface area (Å²) in [6, 6.07) is 1.79. The molecular weight excluding hydrogens is 464 g/mol. The number of halogens is 1. The molecule has 0 fully saturated rings. The number of rotatable bonds is 6. The number of fused-ring (bicyclic) bond motifs is 1. The van der Waals surface area contributed by atoms with Crippen LogP contribution in [0.4, 0.5) is 5.82 Å². The van der Waals surface area contributed by atoms with Gasteiger partial charge in [-0.25, -0.2) is 15.0 Å². The Morgan fingerprint density at radius 1 is 1.15 bits per heavy atom. The molecule has 0 aliphatic carbocycles. The number of amides is 4. The fourth-order valence-electron chi connectivity index (χ4n) is 3.18. The topological polar surface area (TPSA) is 150 Å². The van der Waals surface area contributed by atoms with E-state index in [0.29, 0.717) is 11.6 Å². The van der Waals surface area contributed by atoms with Gasteiger partial charge in [0, 0.05) is 46.1 Å². The third-order valence-corrected chi connectivity index (χ3v) is 5.25. The molecule has 13 heteroatoms. The summed E-state index contributed by atoms with van der Waals surface area (Å²) in [6.45, 7) is 1.14. The number of pyridine rings is 1. The van der Waals surface area contributed by atoms with Gasteiger partial charge in [0.2, 0.25) is 11.7 Å². The van der Waals surface area contributed by atoms with E-state index in [0.717, 1.165) is 24.2 Å². The van der Waals surface area contributed by atoms with Crippen LogP contribution in [0.1, 0.15) is 21.9 Å². The number of carbonyl (C=O) groups is 4. The van der Waals surface area contributed by atoms with Crippen molar-refractivity contribution in [3.05, 3.63) is 46.6 Å². The van der Waals surface area contributed by atoms with E-state index in [1.165, 1.54) is 37.3 Å². The van der Waals surface area contributed by atoms with Gasteiger partial charge < -0.3 is 25.8 Å². The van der Waals surface area contributed by atoms with Crippen LogP contribution in [0.3, 0.4) is 0 Å². The first kappa shape index (κ1) is 25.0. The van der Waals surface area contributed by atoms with Gasteiger partial charge in [-0.3, -0.25) is 19.2 Å². The molecule has 1 unspecified atom stereocenters. The number of likely N-dealkylation sites (N-methyl/N-ethyl adjacent to an activating group) is 2. The first-order chi connectivity index (χ1) is 16.1. The van der Waals surface area contributed by atoms with Gasteiger partial charge in [0.05, 0.1) is 10.7 Å². The van der Waals surface area contributed by atoms with E-state index in [-0.39, 0.29) is 18.2 Å². The maximum absolute atomic E-state index is 12.8. The lowest BCUT2D eigenvalue weighted by molar-refractivity contribution is -0.136. The molecule has 3 heterocycles. The average Bonchev–Trinajstić information content (AvgIpc) is 2.81. The van der Waals surface area contributed by atoms with E-state index in [1.54, 1.807) is 6.20 Å². The quantitative estimate of drug-likeness (QED) is 0.459. The van der Waals surface area contributed by atoms with Crippen molar-refractivity contribution in [3.8, 4) is 0 Å². The van der Waals surface area contributed by atoms with E-state index in [4.69, 9.17) is 11.6 Å². The summed E-state index contributed by atoms with van der Waals surface area (Å²) in [5.41, 5.74) is 1.73. The SMILES string of the molecule is CN1CCc2cnc(C(=O)NC(CNC(=O)C(=O)Nc3ccc(Cl)cn3)C(=O)N(C)C)nc2C1. The second kappa shape index (κ2) is 11.0. The zero-order valence-corrected chi connectivity index (χ0v) is 19.7. The fourth-order valence-corrected chi connectivity index (χ4v) is 3.29. The summed E-state index contributed by atoms with van der Waals surface area (Å²) in [7, 11) is 4.97. The summed E-state index contributed by atoms with van der Waals surface area (Å²) >= 11 is 5.74. The molecule has 3 rings (SSSR count). The van der Waals surface area contributed by atoms with Crippen LogP contribution in [-0.2, 0) is 27.3 Å². The van der Waals surface area contributed by atoms with E-state index < -0.39 is 29.7 Å². The van der Waals surface area contributed by atoms with Crippen LogP contribution in [0.15, 0.2) is 24.5 Å². The minimum Gasteiger partial charge on any atom is -0.347 e. The highest BCUT2D eigenvalue weighted by Crippen LogP contribution is 2.15. The van der Waals surface area contributed by atoms with Gasteiger partial charge in [-0.05, 0) is 31.2 Å². The van der Waals surface area contributed by atoms with Crippen molar-refractivity contribution in [1.82, 2.24) is 35.4 Å². The number of hydrogen-bond acceptors (Lipinski definition) is 8. The van der Waals surface area contributed by atoms with Crippen molar-refractivity contribution in [2.75, 3.05) is 39.5 Å². The first-order valence-electron chi connectivity index (χ1n) is 10.4. The lowest BCUT2D eigenvalue weighted by atomic mass is 10.1. The largest absolute Gasteiger partial charge is 0.347 e. The van der Waals surface area contributed by atoms with Gasteiger partial charge in [-0.15, -0.1) is 0 Å². The van der Waals surface area contributed by atoms with Gasteiger partial charge in [0.25, 0.3) is 5.91 Å². The average molecular weight is 489 g/mol. The lowest BCUT2D eigenvalue weighted by Crippen LogP contribution is -2.53. The summed E-state index contributed by atoms with van der Waals surface area (Å²) in [6.07, 6.45) is 3.72. The first-order valence-corrected chi connectivity index (χ1v) is 10.8. The van der Waals surface area contributed by atoms with Crippen molar-refractivity contribution in [3.63, 3.8) is 0 Å². The summed E-state index contributed by atoms with van der Waals surface area (Å²) in [5.74, 6) is -3.08. The van der Waals surface area contributed by atoms with Crippen LogP contribution in [0.5, 0.6) is 0 Å². The minimum atomic E-state index is -1.14. The molecule has 0 saturated heterocycles. The van der Waals surface area contributed by atoms with Gasteiger partial charge in [-0.2, -0.15) is 0 Å². The zero-order valence-electron chi connectivity index (χ0n) is 19.0. The Labute approximate surface area is 201 Å². The highest BCUT2D eigenvalue weighted by molar-refractivity contribution is 6.39. The molecule has 1 atom stereocenters. The molecule has 0 saturated carbocycles. The summed E-state index contributed by atoms with van der Waals surface area (Å²) in [4.78, 5) is 65.4. The van der Waals surface area contributed by atoms with Crippen LogP contribution >= 0.6 is 11.6 Å². The monoisotopic (exact) mass is 488 g/mol. The Kier molecular flexibility index (Phi) is 8.08. The second-order valence-electron chi connectivity index (χ2n) is 7.94. The molecule has 2 aromatic rings. The number of hydrogen-bond donors (Lipinski definition) is 3. The molecule has 0 radical (unpaired) electrons. The van der Waals surface area contributed by atoms with Gasteiger partial charge in [0.1, 0.15) is 11.9 Å². The summed E-state index contributed by atoms with van der Waals surface area (Å²) < 4.78 is 0. The molecule has 2 aromatic heterocycles. The molecule has 34 heavy (non-hydrogen) atoms. The normalized spacial score (nSPS) is 13.9. The predicted molar refractivity (Wildman–Crippen MR) is 123 cm³/mol. The third-order valence-electron chi connectivity index (χ3n) is 5.03. The van der Waals surface area contributed by atoms with Crippen LogP contribution in [0, 0.1) is 0 Å². The molecule has 3 N–H and O–H groups in total. The molecule has 1 aliphatic rings. The van der Waals surface area contributed by atoms with E-state index in [2.05, 4.69) is 35.8 Å². The summed E-state index contributed by atoms with van der Waals surface area (Å²) in [5, 5.41) is 7.58. The van der Waals surface area contributed by atoms with Crippen molar-refractivity contribution in [2.45, 2.75) is 19.0 Å². The molecule has 12 nitrogen and oxygen atoms in total. The van der Waals surface area contributed by atoms with Crippen LogP contribution in [-0.4, -0.2) is 88.7 Å². The molecule has 0 aromatic carbocycles. The number of carbonyl (C=O) groups excluding carboxylic acids is 4. The Hall–Kier alpha value is -3.64. The van der Waals surface area contributed by atoms with Gasteiger partial charge in [-0.1, -0.05) is 11.6 Å².